The highest BCUT2D eigenvalue weighted by atomic mass is 32.2. The van der Waals surface area contributed by atoms with Crippen molar-refractivity contribution in [1.29, 1.82) is 0 Å². The van der Waals surface area contributed by atoms with Gasteiger partial charge in [0.05, 0.1) is 11.1 Å². The zero-order valence-corrected chi connectivity index (χ0v) is 12.4. The van der Waals surface area contributed by atoms with Crippen molar-refractivity contribution in [2.24, 2.45) is 0 Å². The standard InChI is InChI=1S/C14H12N4O3S/c1-10-2-4-11(5-3-10)22(20,21)18-7-6-12-14(18)15-8-13(17-12)16-9-19/h2-9H,1H3,(H,16,17,19). The van der Waals surface area contributed by atoms with Gasteiger partial charge in [0.2, 0.25) is 6.41 Å². The van der Waals surface area contributed by atoms with Crippen LogP contribution in [0, 0.1) is 6.92 Å². The lowest BCUT2D eigenvalue weighted by molar-refractivity contribution is -0.105. The smallest absolute Gasteiger partial charge is 0.269 e. The number of rotatable bonds is 4. The van der Waals surface area contributed by atoms with E-state index >= 15 is 0 Å². The lowest BCUT2D eigenvalue weighted by Gasteiger charge is -2.07. The van der Waals surface area contributed by atoms with E-state index in [1.54, 1.807) is 24.3 Å². The number of amides is 1. The highest BCUT2D eigenvalue weighted by Gasteiger charge is 2.20. The second kappa shape index (κ2) is 5.23. The summed E-state index contributed by atoms with van der Waals surface area (Å²) < 4.78 is 26.4. The van der Waals surface area contributed by atoms with Gasteiger partial charge >= 0.3 is 0 Å². The van der Waals surface area contributed by atoms with Gasteiger partial charge in [-0.25, -0.2) is 22.4 Å². The average molecular weight is 316 g/mol. The Morgan fingerprint density at radius 2 is 1.91 bits per heavy atom. The van der Waals surface area contributed by atoms with Gasteiger partial charge in [0.25, 0.3) is 10.0 Å². The van der Waals surface area contributed by atoms with Gasteiger partial charge in [-0.3, -0.25) is 4.79 Å². The summed E-state index contributed by atoms with van der Waals surface area (Å²) in [6, 6.07) is 8.09. The second-order valence-electron chi connectivity index (χ2n) is 4.66. The van der Waals surface area contributed by atoms with Crippen molar-refractivity contribution in [3.8, 4) is 0 Å². The molecule has 0 spiro atoms. The molecule has 1 amide bonds. The number of fused-ring (bicyclic) bond motifs is 1. The number of aryl methyl sites for hydroxylation is 1. The molecule has 0 aliphatic carbocycles. The van der Waals surface area contributed by atoms with Crippen molar-refractivity contribution in [2.75, 3.05) is 5.32 Å². The molecule has 0 atom stereocenters. The first-order chi connectivity index (χ1) is 10.5. The lowest BCUT2D eigenvalue weighted by atomic mass is 10.2. The molecule has 7 nitrogen and oxygen atoms in total. The van der Waals surface area contributed by atoms with Crippen LogP contribution in [0.25, 0.3) is 11.2 Å². The van der Waals surface area contributed by atoms with Crippen molar-refractivity contribution in [3.05, 3.63) is 48.3 Å². The molecule has 112 valence electrons. The lowest BCUT2D eigenvalue weighted by Crippen LogP contribution is -2.12. The highest BCUT2D eigenvalue weighted by molar-refractivity contribution is 7.90. The number of hydrogen-bond acceptors (Lipinski definition) is 5. The normalized spacial score (nSPS) is 11.5. The van der Waals surface area contributed by atoms with E-state index in [9.17, 15) is 13.2 Å². The summed E-state index contributed by atoms with van der Waals surface area (Å²) in [5, 5.41) is 2.37. The number of anilines is 1. The van der Waals surface area contributed by atoms with E-state index in [0.717, 1.165) is 9.54 Å². The number of benzene rings is 1. The summed E-state index contributed by atoms with van der Waals surface area (Å²) in [7, 11) is -3.74. The van der Waals surface area contributed by atoms with E-state index in [1.807, 2.05) is 6.92 Å². The Hall–Kier alpha value is -2.74. The quantitative estimate of drug-likeness (QED) is 0.737. The number of nitrogens with zero attached hydrogens (tertiary/aromatic N) is 3. The van der Waals surface area contributed by atoms with Crippen LogP contribution in [0.5, 0.6) is 0 Å². The Labute approximate surface area is 126 Å². The minimum Gasteiger partial charge on any atom is -0.312 e. The van der Waals surface area contributed by atoms with Gasteiger partial charge < -0.3 is 5.32 Å². The molecule has 0 radical (unpaired) electrons. The van der Waals surface area contributed by atoms with Gasteiger partial charge in [0.15, 0.2) is 11.5 Å². The molecule has 0 saturated carbocycles. The largest absolute Gasteiger partial charge is 0.312 e. The molecular weight excluding hydrogens is 304 g/mol. The molecule has 1 aromatic carbocycles. The van der Waals surface area contributed by atoms with Gasteiger partial charge in [0, 0.05) is 6.20 Å². The third kappa shape index (κ3) is 2.33. The Kier molecular flexibility index (Phi) is 3.38. The van der Waals surface area contributed by atoms with E-state index in [4.69, 9.17) is 0 Å². The minimum absolute atomic E-state index is 0.174. The predicted molar refractivity (Wildman–Crippen MR) is 81.0 cm³/mol. The molecule has 0 unspecified atom stereocenters. The summed E-state index contributed by atoms with van der Waals surface area (Å²) >= 11 is 0. The maximum Gasteiger partial charge on any atom is 0.269 e. The zero-order valence-electron chi connectivity index (χ0n) is 11.6. The van der Waals surface area contributed by atoms with Crippen LogP contribution in [0.4, 0.5) is 5.82 Å². The van der Waals surface area contributed by atoms with Crippen LogP contribution in [-0.2, 0) is 14.8 Å². The number of hydrogen-bond donors (Lipinski definition) is 1. The number of aromatic nitrogens is 3. The van der Waals surface area contributed by atoms with Crippen molar-refractivity contribution in [2.45, 2.75) is 11.8 Å². The fraction of sp³-hybridized carbons (Fsp3) is 0.0714. The molecule has 3 aromatic rings. The van der Waals surface area contributed by atoms with Gasteiger partial charge in [0.1, 0.15) is 5.52 Å². The van der Waals surface area contributed by atoms with Gasteiger partial charge in [-0.05, 0) is 25.1 Å². The maximum absolute atomic E-state index is 12.7. The Bertz CT molecular complexity index is 946. The van der Waals surface area contributed by atoms with Gasteiger partial charge in [-0.1, -0.05) is 17.7 Å². The second-order valence-corrected chi connectivity index (χ2v) is 6.47. The SMILES string of the molecule is Cc1ccc(S(=O)(=O)n2ccc3nc(NC=O)cnc32)cc1. The molecule has 0 aliphatic rings. The molecule has 1 N–H and O–H groups in total. The summed E-state index contributed by atoms with van der Waals surface area (Å²) in [4.78, 5) is 18.8. The van der Waals surface area contributed by atoms with E-state index in [1.165, 1.54) is 18.5 Å². The molecule has 0 bridgehead atoms. The van der Waals surface area contributed by atoms with Crippen molar-refractivity contribution >= 4 is 33.4 Å². The van der Waals surface area contributed by atoms with Crippen molar-refractivity contribution in [3.63, 3.8) is 0 Å². The van der Waals surface area contributed by atoms with E-state index in [0.29, 0.717) is 11.9 Å². The summed E-state index contributed by atoms with van der Waals surface area (Å²) in [6.45, 7) is 1.88. The third-order valence-corrected chi connectivity index (χ3v) is 4.82. The Balaban J connectivity index is 2.13. The van der Waals surface area contributed by atoms with E-state index in [2.05, 4.69) is 15.3 Å². The average Bonchev–Trinajstić information content (AvgIpc) is 2.92. The Morgan fingerprint density at radius 3 is 2.59 bits per heavy atom. The predicted octanol–water partition coefficient (Wildman–Crippen LogP) is 1.55. The first-order valence-electron chi connectivity index (χ1n) is 6.39. The molecular formula is C14H12N4O3S. The summed E-state index contributed by atoms with van der Waals surface area (Å²) in [6.07, 6.45) is 3.18. The molecule has 2 heterocycles. The fourth-order valence-electron chi connectivity index (χ4n) is 2.04. The molecule has 3 rings (SSSR count). The number of carbonyl (C=O) groups is 1. The number of nitrogens with one attached hydrogen (secondary N) is 1. The minimum atomic E-state index is -3.74. The van der Waals surface area contributed by atoms with E-state index < -0.39 is 10.0 Å². The first-order valence-corrected chi connectivity index (χ1v) is 7.83. The molecule has 0 saturated heterocycles. The van der Waals surface area contributed by atoms with Crippen LogP contribution in [-0.4, -0.2) is 28.8 Å². The summed E-state index contributed by atoms with van der Waals surface area (Å²) in [5.74, 6) is 0.257. The van der Waals surface area contributed by atoms with Crippen LogP contribution in [0.3, 0.4) is 0 Å². The van der Waals surface area contributed by atoms with Gasteiger partial charge in [-0.2, -0.15) is 0 Å². The van der Waals surface area contributed by atoms with Crippen LogP contribution in [0.2, 0.25) is 0 Å². The molecule has 0 fully saturated rings. The van der Waals surface area contributed by atoms with Gasteiger partial charge in [-0.15, -0.1) is 0 Å². The van der Waals surface area contributed by atoms with Crippen molar-refractivity contribution < 1.29 is 13.2 Å². The maximum atomic E-state index is 12.7. The molecule has 22 heavy (non-hydrogen) atoms. The molecule has 8 heteroatoms. The fourth-order valence-corrected chi connectivity index (χ4v) is 3.33. The van der Waals surface area contributed by atoms with E-state index in [-0.39, 0.29) is 16.4 Å². The topological polar surface area (TPSA) is 94.0 Å². The third-order valence-electron chi connectivity index (χ3n) is 3.14. The van der Waals surface area contributed by atoms with Crippen LogP contribution >= 0.6 is 0 Å². The monoisotopic (exact) mass is 316 g/mol. The van der Waals surface area contributed by atoms with Crippen LogP contribution in [0.15, 0.2) is 47.6 Å². The zero-order chi connectivity index (χ0) is 15.7. The Morgan fingerprint density at radius 1 is 1.18 bits per heavy atom. The molecule has 2 aromatic heterocycles. The first kappa shape index (κ1) is 14.2. The summed E-state index contributed by atoms with van der Waals surface area (Å²) in [5.41, 5.74) is 1.56. The number of carbonyl (C=O) groups excluding carboxylic acids is 1. The van der Waals surface area contributed by atoms with Crippen molar-refractivity contribution in [1.82, 2.24) is 13.9 Å². The van der Waals surface area contributed by atoms with Crippen LogP contribution in [0.1, 0.15) is 5.56 Å². The van der Waals surface area contributed by atoms with Crippen LogP contribution < -0.4 is 5.32 Å². The molecule has 0 aliphatic heterocycles. The highest BCUT2D eigenvalue weighted by Crippen LogP contribution is 2.20.